The van der Waals surface area contributed by atoms with Crippen molar-refractivity contribution in [1.82, 2.24) is 10.2 Å². The number of amides is 2. The third kappa shape index (κ3) is 5.09. The number of carbonyl (C=O) groups is 2. The van der Waals surface area contributed by atoms with E-state index < -0.39 is 5.97 Å². The number of nitrogens with one attached hydrogen (secondary N) is 1. The molecule has 0 bridgehead atoms. The van der Waals surface area contributed by atoms with E-state index in [0.717, 1.165) is 13.0 Å². The van der Waals surface area contributed by atoms with Crippen molar-refractivity contribution in [3.8, 4) is 0 Å². The van der Waals surface area contributed by atoms with Gasteiger partial charge in [0.25, 0.3) is 0 Å². The summed E-state index contributed by atoms with van der Waals surface area (Å²) in [5.41, 5.74) is 0. The summed E-state index contributed by atoms with van der Waals surface area (Å²) >= 11 is 0. The Morgan fingerprint density at radius 3 is 2.68 bits per heavy atom. The fraction of sp³-hybridized carbons (Fsp3) is 0.857. The van der Waals surface area contributed by atoms with Crippen LogP contribution in [0.5, 0.6) is 0 Å². The van der Waals surface area contributed by atoms with Gasteiger partial charge in [0.05, 0.1) is 5.92 Å². The lowest BCUT2D eigenvalue weighted by Gasteiger charge is -2.36. The monoisotopic (exact) mass is 270 g/mol. The van der Waals surface area contributed by atoms with Crippen LogP contribution in [-0.2, 0) is 4.79 Å². The first-order valence-electron chi connectivity index (χ1n) is 7.19. The van der Waals surface area contributed by atoms with Gasteiger partial charge in [-0.05, 0) is 38.5 Å². The van der Waals surface area contributed by atoms with Crippen LogP contribution in [-0.4, -0.2) is 41.1 Å². The van der Waals surface area contributed by atoms with Crippen LogP contribution in [0.2, 0.25) is 0 Å². The van der Waals surface area contributed by atoms with Gasteiger partial charge in [-0.2, -0.15) is 0 Å². The van der Waals surface area contributed by atoms with Crippen LogP contribution in [0.15, 0.2) is 0 Å². The van der Waals surface area contributed by atoms with Crippen LogP contribution in [0.4, 0.5) is 4.79 Å². The first-order chi connectivity index (χ1) is 8.91. The number of piperidine rings is 1. The average Bonchev–Trinajstić information content (AvgIpc) is 2.36. The maximum absolute atomic E-state index is 12.0. The van der Waals surface area contributed by atoms with Crippen LogP contribution in [0.25, 0.3) is 0 Å². The molecule has 0 aromatic carbocycles. The second-order valence-electron chi connectivity index (χ2n) is 5.80. The maximum atomic E-state index is 12.0. The summed E-state index contributed by atoms with van der Waals surface area (Å²) in [7, 11) is 0. The zero-order chi connectivity index (χ0) is 14.4. The summed E-state index contributed by atoms with van der Waals surface area (Å²) in [6.45, 7) is 7.31. The molecule has 5 heteroatoms. The van der Waals surface area contributed by atoms with Gasteiger partial charge in [-0.3, -0.25) is 4.79 Å². The molecule has 0 aromatic rings. The van der Waals surface area contributed by atoms with Crippen LogP contribution < -0.4 is 5.32 Å². The van der Waals surface area contributed by atoms with Gasteiger partial charge in [-0.25, -0.2) is 4.79 Å². The number of carboxylic acids is 1. The molecular formula is C14H26N2O3. The van der Waals surface area contributed by atoms with E-state index in [9.17, 15) is 9.59 Å². The average molecular weight is 270 g/mol. The Bertz CT molecular complexity index is 320. The van der Waals surface area contributed by atoms with Crippen LogP contribution >= 0.6 is 0 Å². The fourth-order valence-electron chi connectivity index (χ4n) is 2.40. The largest absolute Gasteiger partial charge is 0.481 e. The van der Waals surface area contributed by atoms with Gasteiger partial charge in [0.15, 0.2) is 0 Å². The molecule has 110 valence electrons. The topological polar surface area (TPSA) is 69.6 Å². The standard InChI is InChI=1S/C14H26N2O3/c1-10-6-7-12(3)16(9-10)14(19)15-8-4-5-11(2)13(17)18/h10-12H,4-9H2,1-3H3,(H,15,19)(H,17,18). The lowest BCUT2D eigenvalue weighted by Crippen LogP contribution is -2.49. The number of hydrogen-bond donors (Lipinski definition) is 2. The zero-order valence-corrected chi connectivity index (χ0v) is 12.2. The molecule has 1 saturated heterocycles. The number of carboxylic acid groups (broad SMARTS) is 1. The highest BCUT2D eigenvalue weighted by molar-refractivity contribution is 5.74. The van der Waals surface area contributed by atoms with Crippen LogP contribution in [0.1, 0.15) is 46.5 Å². The van der Waals surface area contributed by atoms with E-state index in [-0.39, 0.29) is 11.9 Å². The highest BCUT2D eigenvalue weighted by atomic mass is 16.4. The highest BCUT2D eigenvalue weighted by Gasteiger charge is 2.26. The molecule has 19 heavy (non-hydrogen) atoms. The second-order valence-corrected chi connectivity index (χ2v) is 5.80. The van der Waals surface area contributed by atoms with Gasteiger partial charge in [-0.1, -0.05) is 13.8 Å². The fourth-order valence-corrected chi connectivity index (χ4v) is 2.40. The molecule has 0 saturated carbocycles. The number of rotatable bonds is 5. The molecule has 1 aliphatic rings. The number of carbonyl (C=O) groups excluding carboxylic acids is 1. The maximum Gasteiger partial charge on any atom is 0.317 e. The first kappa shape index (κ1) is 15.8. The van der Waals surface area contributed by atoms with Crippen LogP contribution in [0.3, 0.4) is 0 Å². The predicted molar refractivity (Wildman–Crippen MR) is 74.0 cm³/mol. The molecule has 0 aliphatic carbocycles. The van der Waals surface area contributed by atoms with Crippen molar-refractivity contribution in [2.75, 3.05) is 13.1 Å². The van der Waals surface area contributed by atoms with Gasteiger partial charge >= 0.3 is 12.0 Å². The summed E-state index contributed by atoms with van der Waals surface area (Å²) in [5.74, 6) is -0.551. The lowest BCUT2D eigenvalue weighted by molar-refractivity contribution is -0.141. The minimum atomic E-state index is -0.773. The molecule has 3 unspecified atom stereocenters. The molecule has 0 radical (unpaired) electrons. The van der Waals surface area contributed by atoms with E-state index >= 15 is 0 Å². The number of nitrogens with zero attached hydrogens (tertiary/aromatic N) is 1. The Morgan fingerprint density at radius 2 is 2.05 bits per heavy atom. The molecule has 1 rings (SSSR count). The summed E-state index contributed by atoms with van der Waals surface area (Å²) in [5, 5.41) is 11.7. The van der Waals surface area contributed by atoms with Crippen molar-refractivity contribution >= 4 is 12.0 Å². The number of aliphatic carboxylic acids is 1. The van der Waals surface area contributed by atoms with Crippen molar-refractivity contribution in [2.45, 2.75) is 52.5 Å². The first-order valence-corrected chi connectivity index (χ1v) is 7.19. The smallest absolute Gasteiger partial charge is 0.317 e. The minimum Gasteiger partial charge on any atom is -0.481 e. The molecule has 2 amide bonds. The Labute approximate surface area is 115 Å². The van der Waals surface area contributed by atoms with Crippen molar-refractivity contribution < 1.29 is 14.7 Å². The molecule has 1 aliphatic heterocycles. The minimum absolute atomic E-state index is 0.0120. The Kier molecular flexibility index (Phi) is 6.12. The Morgan fingerprint density at radius 1 is 1.37 bits per heavy atom. The van der Waals surface area contributed by atoms with Gasteiger partial charge in [-0.15, -0.1) is 0 Å². The lowest BCUT2D eigenvalue weighted by atomic mass is 9.95. The Balaban J connectivity index is 2.25. The van der Waals surface area contributed by atoms with E-state index in [1.54, 1.807) is 6.92 Å². The molecule has 2 N–H and O–H groups in total. The summed E-state index contributed by atoms with van der Waals surface area (Å²) in [6.07, 6.45) is 3.55. The molecule has 0 spiro atoms. The molecular weight excluding hydrogens is 244 g/mol. The van der Waals surface area contributed by atoms with E-state index in [1.165, 1.54) is 6.42 Å². The van der Waals surface area contributed by atoms with E-state index in [0.29, 0.717) is 31.3 Å². The Hall–Kier alpha value is -1.26. The van der Waals surface area contributed by atoms with Gasteiger partial charge in [0, 0.05) is 19.1 Å². The molecule has 3 atom stereocenters. The van der Waals surface area contributed by atoms with Gasteiger partial charge in [0.2, 0.25) is 0 Å². The van der Waals surface area contributed by atoms with Crippen molar-refractivity contribution in [3.63, 3.8) is 0 Å². The van der Waals surface area contributed by atoms with Crippen LogP contribution in [0, 0.1) is 11.8 Å². The summed E-state index contributed by atoms with van der Waals surface area (Å²) in [6, 6.07) is 0.288. The van der Waals surface area contributed by atoms with Crippen molar-refractivity contribution in [2.24, 2.45) is 11.8 Å². The molecule has 0 aromatic heterocycles. The summed E-state index contributed by atoms with van der Waals surface area (Å²) in [4.78, 5) is 24.6. The van der Waals surface area contributed by atoms with E-state index in [4.69, 9.17) is 5.11 Å². The SMILES string of the molecule is CC1CCC(C)N(C(=O)NCCCC(C)C(=O)O)C1. The highest BCUT2D eigenvalue weighted by Crippen LogP contribution is 2.21. The normalized spacial score (nSPS) is 24.9. The third-order valence-corrected chi connectivity index (χ3v) is 3.89. The van der Waals surface area contributed by atoms with E-state index in [2.05, 4.69) is 19.2 Å². The predicted octanol–water partition coefficient (Wildman–Crippen LogP) is 2.32. The van der Waals surface area contributed by atoms with Crippen molar-refractivity contribution in [3.05, 3.63) is 0 Å². The van der Waals surface area contributed by atoms with Gasteiger partial charge < -0.3 is 15.3 Å². The second kappa shape index (κ2) is 7.36. The van der Waals surface area contributed by atoms with Crippen molar-refractivity contribution in [1.29, 1.82) is 0 Å². The molecule has 1 fully saturated rings. The quantitative estimate of drug-likeness (QED) is 0.753. The molecule has 5 nitrogen and oxygen atoms in total. The van der Waals surface area contributed by atoms with E-state index in [1.807, 2.05) is 4.90 Å². The van der Waals surface area contributed by atoms with Gasteiger partial charge in [0.1, 0.15) is 0 Å². The molecule has 1 heterocycles. The number of urea groups is 1. The summed E-state index contributed by atoms with van der Waals surface area (Å²) < 4.78 is 0. The number of likely N-dealkylation sites (tertiary alicyclic amines) is 1. The zero-order valence-electron chi connectivity index (χ0n) is 12.2. The third-order valence-electron chi connectivity index (χ3n) is 3.89. The number of hydrogen-bond acceptors (Lipinski definition) is 2.